The van der Waals surface area contributed by atoms with Crippen molar-refractivity contribution < 1.29 is 0 Å². The predicted octanol–water partition coefficient (Wildman–Crippen LogP) is 3.07. The fourth-order valence-corrected chi connectivity index (χ4v) is 0.873. The summed E-state index contributed by atoms with van der Waals surface area (Å²) < 4.78 is 0. The molecule has 0 aliphatic heterocycles. The lowest BCUT2D eigenvalue weighted by atomic mass is 10.00. The highest BCUT2D eigenvalue weighted by Gasteiger charge is 1.99. The van der Waals surface area contributed by atoms with E-state index in [1.165, 1.54) is 25.2 Å². The van der Waals surface area contributed by atoms with Crippen LogP contribution in [0.25, 0.3) is 0 Å². The van der Waals surface area contributed by atoms with E-state index in [1.54, 1.807) is 0 Å². The molecule has 0 saturated heterocycles. The topological polar surface area (TPSA) is 23.8 Å². The standard InChI is InChI=1S/C9H16N/c1-3-4-6-9(2)7-5-8-10/h3-7H2,1-2H3. The van der Waals surface area contributed by atoms with Crippen molar-refractivity contribution in [1.82, 2.24) is 0 Å². The molecule has 0 heterocycles. The third-order valence-electron chi connectivity index (χ3n) is 1.62. The molecule has 0 aromatic rings. The van der Waals surface area contributed by atoms with E-state index in [0.717, 1.165) is 6.42 Å². The second-order valence-electron chi connectivity index (χ2n) is 2.72. The van der Waals surface area contributed by atoms with Crippen LogP contribution in [0.4, 0.5) is 0 Å². The Labute approximate surface area is 64.1 Å². The van der Waals surface area contributed by atoms with E-state index in [9.17, 15) is 0 Å². The van der Waals surface area contributed by atoms with Crippen LogP contribution >= 0.6 is 0 Å². The van der Waals surface area contributed by atoms with Gasteiger partial charge in [0.15, 0.2) is 0 Å². The molecule has 0 rings (SSSR count). The van der Waals surface area contributed by atoms with Crippen LogP contribution in [-0.2, 0) is 0 Å². The molecule has 57 valence electrons. The molecular weight excluding hydrogens is 122 g/mol. The maximum atomic E-state index is 8.28. The van der Waals surface area contributed by atoms with Crippen LogP contribution in [-0.4, -0.2) is 0 Å². The molecule has 0 aliphatic rings. The molecular formula is C9H16N. The Hall–Kier alpha value is -0.510. The average molecular weight is 138 g/mol. The number of nitriles is 1. The number of hydrogen-bond donors (Lipinski definition) is 0. The minimum Gasteiger partial charge on any atom is -0.198 e. The normalized spacial score (nSPS) is 9.80. The van der Waals surface area contributed by atoms with Gasteiger partial charge < -0.3 is 0 Å². The molecule has 0 N–H and O–H groups in total. The van der Waals surface area contributed by atoms with E-state index in [4.69, 9.17) is 5.26 Å². The summed E-state index contributed by atoms with van der Waals surface area (Å²) in [5.41, 5.74) is 0. The molecule has 1 nitrogen and oxygen atoms in total. The van der Waals surface area contributed by atoms with Gasteiger partial charge in [-0.1, -0.05) is 26.7 Å². The zero-order valence-corrected chi connectivity index (χ0v) is 6.98. The quantitative estimate of drug-likeness (QED) is 0.572. The van der Waals surface area contributed by atoms with Gasteiger partial charge in [-0.05, 0) is 18.8 Å². The third kappa shape index (κ3) is 5.62. The van der Waals surface area contributed by atoms with Crippen molar-refractivity contribution in [3.8, 4) is 6.07 Å². The Morgan fingerprint density at radius 2 is 2.10 bits per heavy atom. The first-order valence-electron chi connectivity index (χ1n) is 3.99. The molecule has 0 spiro atoms. The second kappa shape index (κ2) is 6.61. The van der Waals surface area contributed by atoms with E-state index in [1.807, 2.05) is 0 Å². The molecule has 0 atom stereocenters. The highest BCUT2D eigenvalue weighted by molar-refractivity contribution is 4.87. The molecule has 0 amide bonds. The van der Waals surface area contributed by atoms with Crippen LogP contribution < -0.4 is 0 Å². The maximum absolute atomic E-state index is 8.28. The fourth-order valence-electron chi connectivity index (χ4n) is 0.873. The largest absolute Gasteiger partial charge is 0.198 e. The monoisotopic (exact) mass is 138 g/mol. The summed E-state index contributed by atoms with van der Waals surface area (Å²) in [6.07, 6.45) is 5.42. The lowest BCUT2D eigenvalue weighted by Crippen LogP contribution is -1.90. The molecule has 1 heteroatoms. The summed E-state index contributed by atoms with van der Waals surface area (Å²) >= 11 is 0. The smallest absolute Gasteiger partial charge is 0.0621 e. The van der Waals surface area contributed by atoms with Crippen molar-refractivity contribution in [2.75, 3.05) is 0 Å². The van der Waals surface area contributed by atoms with Crippen molar-refractivity contribution in [3.05, 3.63) is 5.92 Å². The Bertz CT molecular complexity index is 102. The summed E-state index contributed by atoms with van der Waals surface area (Å²) in [6, 6.07) is 2.15. The van der Waals surface area contributed by atoms with Crippen molar-refractivity contribution >= 4 is 0 Å². The van der Waals surface area contributed by atoms with Gasteiger partial charge in [0.1, 0.15) is 0 Å². The van der Waals surface area contributed by atoms with E-state index >= 15 is 0 Å². The van der Waals surface area contributed by atoms with E-state index in [0.29, 0.717) is 6.42 Å². The van der Waals surface area contributed by atoms with Gasteiger partial charge in [-0.3, -0.25) is 0 Å². The Morgan fingerprint density at radius 1 is 1.40 bits per heavy atom. The first-order chi connectivity index (χ1) is 4.81. The lowest BCUT2D eigenvalue weighted by Gasteiger charge is -2.05. The number of rotatable bonds is 5. The molecule has 0 aliphatic carbocycles. The predicted molar refractivity (Wildman–Crippen MR) is 43.3 cm³/mol. The van der Waals surface area contributed by atoms with Gasteiger partial charge in [0, 0.05) is 6.42 Å². The molecule has 0 aromatic carbocycles. The van der Waals surface area contributed by atoms with Gasteiger partial charge in [0.25, 0.3) is 0 Å². The highest BCUT2D eigenvalue weighted by atomic mass is 14.2. The Morgan fingerprint density at radius 3 is 2.60 bits per heavy atom. The number of hydrogen-bond acceptors (Lipinski definition) is 1. The zero-order chi connectivity index (χ0) is 7.82. The van der Waals surface area contributed by atoms with Crippen LogP contribution in [0.2, 0.25) is 0 Å². The van der Waals surface area contributed by atoms with Crippen molar-refractivity contribution in [2.24, 2.45) is 0 Å². The van der Waals surface area contributed by atoms with Gasteiger partial charge in [-0.2, -0.15) is 5.26 Å². The van der Waals surface area contributed by atoms with Crippen molar-refractivity contribution in [2.45, 2.75) is 46.0 Å². The molecule has 0 unspecified atom stereocenters. The Kier molecular flexibility index (Phi) is 6.27. The van der Waals surface area contributed by atoms with Gasteiger partial charge in [-0.25, -0.2) is 0 Å². The summed E-state index contributed by atoms with van der Waals surface area (Å²) in [6.45, 7) is 4.34. The van der Waals surface area contributed by atoms with Crippen molar-refractivity contribution in [3.63, 3.8) is 0 Å². The Balaban J connectivity index is 3.10. The molecule has 0 saturated carbocycles. The summed E-state index contributed by atoms with van der Waals surface area (Å²) in [4.78, 5) is 0. The van der Waals surface area contributed by atoms with Crippen LogP contribution in [0.5, 0.6) is 0 Å². The van der Waals surface area contributed by atoms with Crippen LogP contribution in [0.15, 0.2) is 0 Å². The third-order valence-corrected chi connectivity index (χ3v) is 1.62. The van der Waals surface area contributed by atoms with Crippen LogP contribution in [0.3, 0.4) is 0 Å². The van der Waals surface area contributed by atoms with E-state index < -0.39 is 0 Å². The summed E-state index contributed by atoms with van der Waals surface area (Å²) in [7, 11) is 0. The van der Waals surface area contributed by atoms with Crippen LogP contribution in [0, 0.1) is 17.2 Å². The molecule has 0 bridgehead atoms. The number of nitrogens with zero attached hydrogens (tertiary/aromatic N) is 1. The van der Waals surface area contributed by atoms with Gasteiger partial charge in [0.2, 0.25) is 0 Å². The fraction of sp³-hybridized carbons (Fsp3) is 0.778. The average Bonchev–Trinajstić information content (AvgIpc) is 1.97. The number of unbranched alkanes of at least 4 members (excludes halogenated alkanes) is 1. The van der Waals surface area contributed by atoms with Gasteiger partial charge in [0.05, 0.1) is 6.07 Å². The maximum Gasteiger partial charge on any atom is 0.0621 e. The molecule has 10 heavy (non-hydrogen) atoms. The summed E-state index contributed by atoms with van der Waals surface area (Å²) in [5.74, 6) is 1.48. The minimum atomic E-state index is 0.690. The lowest BCUT2D eigenvalue weighted by molar-refractivity contribution is 0.677. The molecule has 0 aromatic heterocycles. The SMILES string of the molecule is CCCC[C](C)CCC#N. The first-order valence-corrected chi connectivity index (χ1v) is 3.99. The second-order valence-corrected chi connectivity index (χ2v) is 2.72. The zero-order valence-electron chi connectivity index (χ0n) is 6.98. The molecule has 1 radical (unpaired) electrons. The highest BCUT2D eigenvalue weighted by Crippen LogP contribution is 2.15. The minimum absolute atomic E-state index is 0.690. The van der Waals surface area contributed by atoms with Crippen LogP contribution in [0.1, 0.15) is 46.0 Å². The molecule has 0 fully saturated rings. The van der Waals surface area contributed by atoms with Crippen molar-refractivity contribution in [1.29, 1.82) is 5.26 Å². The first kappa shape index (κ1) is 9.49. The van der Waals surface area contributed by atoms with Gasteiger partial charge in [-0.15, -0.1) is 0 Å². The van der Waals surface area contributed by atoms with Gasteiger partial charge >= 0.3 is 0 Å². The van der Waals surface area contributed by atoms with E-state index in [-0.39, 0.29) is 0 Å². The summed E-state index contributed by atoms with van der Waals surface area (Å²) in [5, 5.41) is 8.28. The van der Waals surface area contributed by atoms with E-state index in [2.05, 4.69) is 19.9 Å².